The lowest BCUT2D eigenvalue weighted by atomic mass is 10.1. The van der Waals surface area contributed by atoms with Crippen LogP contribution in [0, 0.1) is 0 Å². The molecule has 1 fully saturated rings. The first-order valence-corrected chi connectivity index (χ1v) is 7.45. The minimum Gasteiger partial charge on any atom is -0.506 e. The van der Waals surface area contributed by atoms with E-state index < -0.39 is 0 Å². The van der Waals surface area contributed by atoms with Gasteiger partial charge < -0.3 is 15.5 Å². The number of nitrogens with zero attached hydrogens (tertiary/aromatic N) is 1. The number of aliphatic hydroxyl groups excluding tert-OH is 1. The number of hydrogen-bond donors (Lipinski definition) is 3. The second kappa shape index (κ2) is 7.81. The van der Waals surface area contributed by atoms with Crippen LogP contribution in [0.5, 0.6) is 5.75 Å². The topological polar surface area (TPSA) is 55.7 Å². The van der Waals surface area contributed by atoms with Crippen molar-refractivity contribution in [1.29, 1.82) is 0 Å². The Hall–Kier alpha value is 0.150. The van der Waals surface area contributed by atoms with E-state index in [-0.39, 0.29) is 30.8 Å². The van der Waals surface area contributed by atoms with E-state index in [0.29, 0.717) is 8.95 Å². The van der Waals surface area contributed by atoms with Gasteiger partial charge in [0.25, 0.3) is 0 Å². The maximum Gasteiger partial charge on any atom is 0.143 e. The molecule has 0 saturated carbocycles. The summed E-state index contributed by atoms with van der Waals surface area (Å²) in [5.41, 5.74) is 0.996. The van der Waals surface area contributed by atoms with E-state index in [1.807, 2.05) is 12.1 Å². The molecule has 1 aromatic rings. The van der Waals surface area contributed by atoms with Crippen molar-refractivity contribution in [3.63, 3.8) is 0 Å². The molecule has 0 bridgehead atoms. The zero-order valence-electron chi connectivity index (χ0n) is 10.3. The van der Waals surface area contributed by atoms with Crippen molar-refractivity contribution in [2.75, 3.05) is 32.8 Å². The van der Waals surface area contributed by atoms with Crippen molar-refractivity contribution in [2.45, 2.75) is 6.04 Å². The molecule has 1 aliphatic heterocycles. The molecule has 0 aromatic heterocycles. The van der Waals surface area contributed by atoms with Crippen LogP contribution in [0.4, 0.5) is 0 Å². The van der Waals surface area contributed by atoms with Crippen LogP contribution in [0.1, 0.15) is 11.6 Å². The molecule has 7 heteroatoms. The first-order chi connectivity index (χ1) is 8.63. The number of halogens is 3. The second-order valence-electron chi connectivity index (χ2n) is 4.32. The van der Waals surface area contributed by atoms with E-state index in [9.17, 15) is 10.2 Å². The molecule has 0 amide bonds. The lowest BCUT2D eigenvalue weighted by Crippen LogP contribution is -2.46. The van der Waals surface area contributed by atoms with E-state index in [0.717, 1.165) is 31.7 Å². The molecule has 1 aromatic carbocycles. The number of nitrogens with one attached hydrogen (secondary N) is 1. The van der Waals surface area contributed by atoms with Crippen LogP contribution >= 0.6 is 44.3 Å². The van der Waals surface area contributed by atoms with Crippen molar-refractivity contribution in [3.8, 4) is 5.75 Å². The standard InChI is InChI=1S/C12H16Br2N2O2.ClH/c13-9-5-8(6-10(14)12(9)18)11(7-17)16-3-1-15-2-4-16;/h5-6,11,15,17-18H,1-4,7H2;1H/t11-;/m1./s1. The van der Waals surface area contributed by atoms with Gasteiger partial charge in [0.05, 0.1) is 21.6 Å². The number of hydrogen-bond acceptors (Lipinski definition) is 4. The molecular formula is C12H17Br2ClN2O2. The maximum absolute atomic E-state index is 9.72. The molecule has 108 valence electrons. The summed E-state index contributed by atoms with van der Waals surface area (Å²) in [6.07, 6.45) is 0. The van der Waals surface area contributed by atoms with Crippen molar-refractivity contribution in [3.05, 3.63) is 26.6 Å². The number of benzene rings is 1. The fourth-order valence-electron chi connectivity index (χ4n) is 2.20. The Balaban J connectivity index is 0.00000180. The Bertz CT molecular complexity index is 405. The Morgan fingerprint density at radius 2 is 1.74 bits per heavy atom. The third-order valence-corrected chi connectivity index (χ3v) is 4.40. The molecule has 0 unspecified atom stereocenters. The van der Waals surface area contributed by atoms with Crippen LogP contribution < -0.4 is 5.32 Å². The fraction of sp³-hybridized carbons (Fsp3) is 0.500. The Morgan fingerprint density at radius 3 is 2.21 bits per heavy atom. The number of aliphatic hydroxyl groups is 1. The van der Waals surface area contributed by atoms with E-state index >= 15 is 0 Å². The quantitative estimate of drug-likeness (QED) is 0.708. The van der Waals surface area contributed by atoms with Crippen LogP contribution in [-0.4, -0.2) is 47.9 Å². The van der Waals surface area contributed by atoms with Crippen LogP contribution in [0.15, 0.2) is 21.1 Å². The second-order valence-corrected chi connectivity index (χ2v) is 6.03. The summed E-state index contributed by atoms with van der Waals surface area (Å²) < 4.78 is 1.28. The zero-order chi connectivity index (χ0) is 13.1. The minimum absolute atomic E-state index is 0. The van der Waals surface area contributed by atoms with Gasteiger partial charge in [-0.05, 0) is 49.6 Å². The molecular weight excluding hydrogens is 399 g/mol. The highest BCUT2D eigenvalue weighted by atomic mass is 79.9. The molecule has 1 heterocycles. The predicted octanol–water partition coefficient (Wildman–Crippen LogP) is 2.28. The van der Waals surface area contributed by atoms with Crippen molar-refractivity contribution < 1.29 is 10.2 Å². The zero-order valence-corrected chi connectivity index (χ0v) is 14.3. The van der Waals surface area contributed by atoms with Gasteiger partial charge in [-0.2, -0.15) is 0 Å². The van der Waals surface area contributed by atoms with Crippen molar-refractivity contribution in [1.82, 2.24) is 10.2 Å². The lowest BCUT2D eigenvalue weighted by Gasteiger charge is -2.34. The number of rotatable bonds is 3. The van der Waals surface area contributed by atoms with E-state index in [2.05, 4.69) is 42.1 Å². The highest BCUT2D eigenvalue weighted by molar-refractivity contribution is 9.11. The van der Waals surface area contributed by atoms with Gasteiger partial charge >= 0.3 is 0 Å². The number of phenolic OH excluding ortho intramolecular Hbond substituents is 1. The molecule has 0 aliphatic carbocycles. The summed E-state index contributed by atoms with van der Waals surface area (Å²) >= 11 is 6.65. The van der Waals surface area contributed by atoms with E-state index in [4.69, 9.17) is 0 Å². The minimum atomic E-state index is -0.0275. The molecule has 0 spiro atoms. The maximum atomic E-state index is 9.72. The molecule has 19 heavy (non-hydrogen) atoms. The third-order valence-electron chi connectivity index (χ3n) is 3.19. The van der Waals surface area contributed by atoms with Crippen LogP contribution in [0.25, 0.3) is 0 Å². The van der Waals surface area contributed by atoms with Crippen LogP contribution in [0.2, 0.25) is 0 Å². The molecule has 1 atom stereocenters. The summed E-state index contributed by atoms with van der Waals surface area (Å²) in [6, 6.07) is 3.70. The van der Waals surface area contributed by atoms with Gasteiger partial charge in [0.15, 0.2) is 0 Å². The molecule has 3 N–H and O–H groups in total. The van der Waals surface area contributed by atoms with Crippen molar-refractivity contribution in [2.24, 2.45) is 0 Å². The summed E-state index contributed by atoms with van der Waals surface area (Å²) in [6.45, 7) is 3.79. The smallest absolute Gasteiger partial charge is 0.143 e. The first kappa shape index (κ1) is 17.2. The average Bonchev–Trinajstić information content (AvgIpc) is 2.38. The predicted molar refractivity (Wildman–Crippen MR) is 85.0 cm³/mol. The fourth-order valence-corrected chi connectivity index (χ4v) is 3.42. The SMILES string of the molecule is Cl.OC[C@H](c1cc(Br)c(O)c(Br)c1)N1CCNCC1. The van der Waals surface area contributed by atoms with Crippen LogP contribution in [-0.2, 0) is 0 Å². The third kappa shape index (κ3) is 4.06. The Kier molecular flexibility index (Phi) is 7.07. The largest absolute Gasteiger partial charge is 0.506 e. The Morgan fingerprint density at radius 1 is 1.21 bits per heavy atom. The van der Waals surface area contributed by atoms with E-state index in [1.54, 1.807) is 0 Å². The van der Waals surface area contributed by atoms with E-state index in [1.165, 1.54) is 0 Å². The van der Waals surface area contributed by atoms with Gasteiger partial charge in [-0.15, -0.1) is 12.4 Å². The highest BCUT2D eigenvalue weighted by Crippen LogP contribution is 2.36. The van der Waals surface area contributed by atoms with Gasteiger partial charge in [-0.25, -0.2) is 0 Å². The van der Waals surface area contributed by atoms with Gasteiger partial charge in [-0.3, -0.25) is 4.90 Å². The van der Waals surface area contributed by atoms with Gasteiger partial charge in [-0.1, -0.05) is 0 Å². The molecule has 0 radical (unpaired) electrons. The normalized spacial score (nSPS) is 17.8. The molecule has 2 rings (SSSR count). The lowest BCUT2D eigenvalue weighted by molar-refractivity contribution is 0.110. The first-order valence-electron chi connectivity index (χ1n) is 5.87. The van der Waals surface area contributed by atoms with Crippen molar-refractivity contribution >= 4 is 44.3 Å². The summed E-state index contributed by atoms with van der Waals surface area (Å²) in [5.74, 6) is 0.191. The summed E-state index contributed by atoms with van der Waals surface area (Å²) in [4.78, 5) is 2.25. The van der Waals surface area contributed by atoms with Gasteiger partial charge in [0.2, 0.25) is 0 Å². The number of aromatic hydroxyl groups is 1. The van der Waals surface area contributed by atoms with Crippen LogP contribution in [0.3, 0.4) is 0 Å². The average molecular weight is 417 g/mol. The highest BCUT2D eigenvalue weighted by Gasteiger charge is 2.22. The number of phenols is 1. The summed E-state index contributed by atoms with van der Waals surface area (Å²) in [7, 11) is 0. The monoisotopic (exact) mass is 414 g/mol. The van der Waals surface area contributed by atoms with Gasteiger partial charge in [0.1, 0.15) is 5.75 Å². The number of piperazine rings is 1. The van der Waals surface area contributed by atoms with Gasteiger partial charge in [0, 0.05) is 26.2 Å². The molecule has 4 nitrogen and oxygen atoms in total. The molecule has 1 aliphatic rings. The summed E-state index contributed by atoms with van der Waals surface area (Å²) in [5, 5.41) is 22.6. The Labute approximate surface area is 135 Å². The molecule has 1 saturated heterocycles.